The summed E-state index contributed by atoms with van der Waals surface area (Å²) in [4.78, 5) is 39.7. The molecule has 4 rings (SSSR count). The first-order chi connectivity index (χ1) is 17.2. The SMILES string of the molecule is COc1ccc(/C=C2\C(=O)NC(=O)N(c3ccc(C)cc3C)C2=O)c(OCc2ccc(C)c(C)c2)c1. The number of urea groups is 1. The molecule has 0 aromatic heterocycles. The normalized spacial score (nSPS) is 14.8. The van der Waals surface area contributed by atoms with Gasteiger partial charge in [0.1, 0.15) is 23.7 Å². The molecule has 0 unspecified atom stereocenters. The van der Waals surface area contributed by atoms with Gasteiger partial charge in [0, 0.05) is 11.6 Å². The summed E-state index contributed by atoms with van der Waals surface area (Å²) in [7, 11) is 1.55. The second-order valence-electron chi connectivity index (χ2n) is 8.86. The Morgan fingerprint density at radius 2 is 1.64 bits per heavy atom. The molecule has 0 spiro atoms. The Morgan fingerprint density at radius 3 is 2.33 bits per heavy atom. The van der Waals surface area contributed by atoms with Crippen LogP contribution in [0.5, 0.6) is 11.5 Å². The zero-order valence-electron chi connectivity index (χ0n) is 21.0. The monoisotopic (exact) mass is 484 g/mol. The van der Waals surface area contributed by atoms with E-state index in [1.807, 2.05) is 52.0 Å². The quantitative estimate of drug-likeness (QED) is 0.385. The van der Waals surface area contributed by atoms with Crippen LogP contribution >= 0.6 is 0 Å². The van der Waals surface area contributed by atoms with E-state index in [1.165, 1.54) is 11.6 Å². The Hall–Kier alpha value is -4.39. The number of hydrogen-bond donors (Lipinski definition) is 1. The molecule has 7 nitrogen and oxygen atoms in total. The van der Waals surface area contributed by atoms with Crippen LogP contribution in [0.2, 0.25) is 0 Å². The highest BCUT2D eigenvalue weighted by Crippen LogP contribution is 2.30. The lowest BCUT2D eigenvalue weighted by molar-refractivity contribution is -0.122. The summed E-state index contributed by atoms with van der Waals surface area (Å²) >= 11 is 0. The number of rotatable bonds is 6. The first-order valence-electron chi connectivity index (χ1n) is 11.5. The van der Waals surface area contributed by atoms with Gasteiger partial charge in [0.05, 0.1) is 12.8 Å². The minimum absolute atomic E-state index is 0.171. The number of aryl methyl sites for hydroxylation is 4. The fourth-order valence-electron chi connectivity index (χ4n) is 4.03. The molecule has 1 saturated heterocycles. The van der Waals surface area contributed by atoms with Crippen LogP contribution in [0.15, 0.2) is 60.2 Å². The van der Waals surface area contributed by atoms with Gasteiger partial charge in [-0.2, -0.15) is 0 Å². The van der Waals surface area contributed by atoms with Gasteiger partial charge in [-0.3, -0.25) is 14.9 Å². The molecule has 1 heterocycles. The third kappa shape index (κ3) is 5.00. The lowest BCUT2D eigenvalue weighted by Gasteiger charge is -2.27. The van der Waals surface area contributed by atoms with Gasteiger partial charge >= 0.3 is 6.03 Å². The van der Waals surface area contributed by atoms with Crippen molar-refractivity contribution in [1.82, 2.24) is 5.32 Å². The second kappa shape index (κ2) is 10.1. The van der Waals surface area contributed by atoms with E-state index in [9.17, 15) is 14.4 Å². The number of imide groups is 2. The zero-order chi connectivity index (χ0) is 26.0. The van der Waals surface area contributed by atoms with Crippen molar-refractivity contribution in [2.24, 2.45) is 0 Å². The molecule has 1 fully saturated rings. The molecule has 0 saturated carbocycles. The number of barbiturate groups is 1. The number of benzene rings is 3. The van der Waals surface area contributed by atoms with Gasteiger partial charge < -0.3 is 9.47 Å². The molecular weight excluding hydrogens is 456 g/mol. The number of carbonyl (C=O) groups is 3. The fourth-order valence-corrected chi connectivity index (χ4v) is 4.03. The number of nitrogens with one attached hydrogen (secondary N) is 1. The van der Waals surface area contributed by atoms with E-state index in [0.717, 1.165) is 27.2 Å². The van der Waals surface area contributed by atoms with Crippen LogP contribution in [0, 0.1) is 27.7 Å². The Balaban J connectivity index is 1.70. The molecule has 0 radical (unpaired) electrons. The Bertz CT molecular complexity index is 1410. The summed E-state index contributed by atoms with van der Waals surface area (Å²) in [5.41, 5.74) is 5.83. The van der Waals surface area contributed by atoms with E-state index in [4.69, 9.17) is 9.47 Å². The van der Waals surface area contributed by atoms with Gasteiger partial charge in [-0.05, 0) is 74.2 Å². The molecule has 1 N–H and O–H groups in total. The minimum Gasteiger partial charge on any atom is -0.497 e. The number of carbonyl (C=O) groups excluding carboxylic acids is 3. The molecule has 3 aromatic carbocycles. The van der Waals surface area contributed by atoms with Crippen LogP contribution in [0.25, 0.3) is 6.08 Å². The second-order valence-corrected chi connectivity index (χ2v) is 8.86. The van der Waals surface area contributed by atoms with Crippen molar-refractivity contribution in [2.45, 2.75) is 34.3 Å². The highest BCUT2D eigenvalue weighted by atomic mass is 16.5. The highest BCUT2D eigenvalue weighted by molar-refractivity contribution is 6.39. The van der Waals surface area contributed by atoms with E-state index < -0.39 is 17.8 Å². The number of methoxy groups -OCH3 is 1. The van der Waals surface area contributed by atoms with Crippen LogP contribution in [0.3, 0.4) is 0 Å². The standard InChI is InChI=1S/C29H28N2O5/c1-17-6-11-25(20(4)12-17)31-28(33)24(27(32)30-29(31)34)14-22-9-10-23(35-5)15-26(22)36-16-21-8-7-18(2)19(3)13-21/h6-15H,16H2,1-5H3,(H,30,32,34)/b24-14+. The molecule has 7 heteroatoms. The minimum atomic E-state index is -0.782. The molecule has 0 aliphatic carbocycles. The highest BCUT2D eigenvalue weighted by Gasteiger charge is 2.37. The molecule has 4 amide bonds. The van der Waals surface area contributed by atoms with E-state index in [-0.39, 0.29) is 12.2 Å². The van der Waals surface area contributed by atoms with Crippen molar-refractivity contribution in [3.8, 4) is 11.5 Å². The van der Waals surface area contributed by atoms with Crippen LogP contribution < -0.4 is 19.7 Å². The summed E-state index contributed by atoms with van der Waals surface area (Å²) in [6.07, 6.45) is 1.44. The molecule has 1 aliphatic heterocycles. The van der Waals surface area contributed by atoms with Crippen molar-refractivity contribution >= 4 is 29.6 Å². The zero-order valence-corrected chi connectivity index (χ0v) is 21.0. The maximum absolute atomic E-state index is 13.4. The van der Waals surface area contributed by atoms with E-state index in [2.05, 4.69) is 11.4 Å². The number of nitrogens with zero attached hydrogens (tertiary/aromatic N) is 1. The molecule has 0 bridgehead atoms. The van der Waals surface area contributed by atoms with Crippen molar-refractivity contribution in [3.63, 3.8) is 0 Å². The van der Waals surface area contributed by atoms with Gasteiger partial charge in [-0.1, -0.05) is 35.9 Å². The maximum Gasteiger partial charge on any atom is 0.335 e. The Labute approximate surface area is 210 Å². The topological polar surface area (TPSA) is 84.9 Å². The lowest BCUT2D eigenvalue weighted by Crippen LogP contribution is -2.54. The lowest BCUT2D eigenvalue weighted by atomic mass is 10.0. The van der Waals surface area contributed by atoms with Crippen molar-refractivity contribution in [3.05, 3.63) is 93.6 Å². The predicted molar refractivity (Wildman–Crippen MR) is 138 cm³/mol. The third-order valence-electron chi connectivity index (χ3n) is 6.18. The van der Waals surface area contributed by atoms with Gasteiger partial charge in [0.15, 0.2) is 0 Å². The van der Waals surface area contributed by atoms with Crippen molar-refractivity contribution in [2.75, 3.05) is 12.0 Å². The van der Waals surface area contributed by atoms with Crippen LogP contribution in [0.1, 0.15) is 33.4 Å². The van der Waals surface area contributed by atoms with Crippen LogP contribution in [-0.2, 0) is 16.2 Å². The van der Waals surface area contributed by atoms with Gasteiger partial charge in [0.25, 0.3) is 11.8 Å². The summed E-state index contributed by atoms with van der Waals surface area (Å²) < 4.78 is 11.4. The summed E-state index contributed by atoms with van der Waals surface area (Å²) in [5, 5.41) is 2.28. The van der Waals surface area contributed by atoms with Crippen molar-refractivity contribution in [1.29, 1.82) is 0 Å². The van der Waals surface area contributed by atoms with E-state index >= 15 is 0 Å². The molecule has 1 aliphatic rings. The average molecular weight is 485 g/mol. The smallest absolute Gasteiger partial charge is 0.335 e. The molecule has 3 aromatic rings. The Morgan fingerprint density at radius 1 is 0.861 bits per heavy atom. The number of anilines is 1. The number of amides is 4. The van der Waals surface area contributed by atoms with Gasteiger partial charge in [0.2, 0.25) is 0 Å². The largest absolute Gasteiger partial charge is 0.497 e. The van der Waals surface area contributed by atoms with Gasteiger partial charge in [-0.15, -0.1) is 0 Å². The summed E-state index contributed by atoms with van der Waals surface area (Å²) in [6.45, 7) is 8.11. The van der Waals surface area contributed by atoms with Gasteiger partial charge in [-0.25, -0.2) is 9.69 Å². The molecule has 36 heavy (non-hydrogen) atoms. The van der Waals surface area contributed by atoms with E-state index in [0.29, 0.717) is 22.7 Å². The van der Waals surface area contributed by atoms with Crippen LogP contribution in [0.4, 0.5) is 10.5 Å². The number of ether oxygens (including phenoxy) is 2. The first kappa shape index (κ1) is 24.7. The average Bonchev–Trinajstić information content (AvgIpc) is 2.84. The third-order valence-corrected chi connectivity index (χ3v) is 6.18. The Kier molecular flexibility index (Phi) is 6.92. The summed E-state index contributed by atoms with van der Waals surface area (Å²) in [6, 6.07) is 15.8. The maximum atomic E-state index is 13.4. The summed E-state index contributed by atoms with van der Waals surface area (Å²) in [5.74, 6) is -0.456. The molecule has 184 valence electrons. The first-order valence-corrected chi connectivity index (χ1v) is 11.5. The number of hydrogen-bond acceptors (Lipinski definition) is 5. The molecule has 0 atom stereocenters. The van der Waals surface area contributed by atoms with Crippen molar-refractivity contribution < 1.29 is 23.9 Å². The van der Waals surface area contributed by atoms with E-state index in [1.54, 1.807) is 31.4 Å². The fraction of sp³-hybridized carbons (Fsp3) is 0.207. The van der Waals surface area contributed by atoms with Crippen LogP contribution in [-0.4, -0.2) is 25.0 Å². The molecular formula is C29H28N2O5. The predicted octanol–water partition coefficient (Wildman–Crippen LogP) is 5.17.